The van der Waals surface area contributed by atoms with Gasteiger partial charge in [-0.15, -0.1) is 5.10 Å². The van der Waals surface area contributed by atoms with Gasteiger partial charge in [0.2, 0.25) is 5.95 Å². The number of urea groups is 1. The van der Waals surface area contributed by atoms with Crippen LogP contribution < -0.4 is 10.6 Å². The highest BCUT2D eigenvalue weighted by Gasteiger charge is 2.42. The third-order valence-electron chi connectivity index (χ3n) is 7.17. The first-order chi connectivity index (χ1) is 18.8. The standard InChI is InChI=1S/C27H25F3N8O/c28-27(29,30)24(34-26(39)38-10-9-22-23(15-38)36-37-35-22)17-7-5-16(6-8-17)20-13-31-25(32-14-20)33-21-11-18-3-1-2-4-19(18)12-21/h1-8,13-14,21,24H,9-12,15H2,(H,34,39)(H,31,32,33)(H,35,36,37)/t24-/m1/s1. The van der Waals surface area contributed by atoms with Crippen molar-refractivity contribution in [2.45, 2.75) is 44.1 Å². The maximum absolute atomic E-state index is 14.0. The monoisotopic (exact) mass is 534 g/mol. The fraction of sp³-hybridized carbons (Fsp3) is 0.296. The largest absolute Gasteiger partial charge is 0.412 e. The summed E-state index contributed by atoms with van der Waals surface area (Å²) < 4.78 is 41.9. The van der Waals surface area contributed by atoms with Gasteiger partial charge in [0.05, 0.1) is 12.2 Å². The highest BCUT2D eigenvalue weighted by molar-refractivity contribution is 5.75. The van der Waals surface area contributed by atoms with Crippen LogP contribution >= 0.6 is 0 Å². The van der Waals surface area contributed by atoms with Crippen LogP contribution in [0.4, 0.5) is 23.9 Å². The van der Waals surface area contributed by atoms with Crippen molar-refractivity contribution in [2.24, 2.45) is 0 Å². The van der Waals surface area contributed by atoms with Crippen molar-refractivity contribution in [3.63, 3.8) is 0 Å². The zero-order valence-corrected chi connectivity index (χ0v) is 20.7. The van der Waals surface area contributed by atoms with Crippen LogP contribution in [0, 0.1) is 0 Å². The average molecular weight is 535 g/mol. The number of aromatic amines is 1. The molecule has 0 unspecified atom stereocenters. The van der Waals surface area contributed by atoms with E-state index in [1.165, 1.54) is 28.2 Å². The Bertz CT molecular complexity index is 1440. The zero-order valence-electron chi connectivity index (χ0n) is 20.7. The molecule has 39 heavy (non-hydrogen) atoms. The number of H-pyrrole nitrogens is 1. The number of alkyl halides is 3. The van der Waals surface area contributed by atoms with Crippen LogP contribution in [-0.4, -0.2) is 55.1 Å². The Kier molecular flexibility index (Phi) is 6.37. The maximum Gasteiger partial charge on any atom is 0.412 e. The van der Waals surface area contributed by atoms with Gasteiger partial charge < -0.3 is 15.5 Å². The van der Waals surface area contributed by atoms with E-state index in [4.69, 9.17) is 0 Å². The lowest BCUT2D eigenvalue weighted by molar-refractivity contribution is -0.155. The van der Waals surface area contributed by atoms with Crippen LogP contribution in [0.15, 0.2) is 60.9 Å². The highest BCUT2D eigenvalue weighted by Crippen LogP contribution is 2.34. The minimum absolute atomic E-state index is 0.0706. The number of carbonyl (C=O) groups excluding carboxylic acids is 1. The number of hydrogen-bond acceptors (Lipinski definition) is 6. The van der Waals surface area contributed by atoms with Gasteiger partial charge in [-0.05, 0) is 35.1 Å². The van der Waals surface area contributed by atoms with Crippen molar-refractivity contribution in [2.75, 3.05) is 11.9 Å². The van der Waals surface area contributed by atoms with Gasteiger partial charge in [0.1, 0.15) is 5.69 Å². The van der Waals surface area contributed by atoms with E-state index in [-0.39, 0.29) is 24.7 Å². The van der Waals surface area contributed by atoms with E-state index in [9.17, 15) is 18.0 Å². The molecule has 1 atom stereocenters. The Morgan fingerprint density at radius 3 is 2.36 bits per heavy atom. The van der Waals surface area contributed by atoms with E-state index in [0.717, 1.165) is 18.5 Å². The SMILES string of the molecule is O=C(N[C@H](c1ccc(-c2cnc(NC3Cc4ccccc4C3)nc2)cc1)C(F)(F)F)N1CCc2[nH]nnc2C1. The minimum Gasteiger partial charge on any atom is -0.351 e. The molecule has 2 amide bonds. The molecule has 0 saturated carbocycles. The van der Waals surface area contributed by atoms with Crippen LogP contribution in [0.5, 0.6) is 0 Å². The summed E-state index contributed by atoms with van der Waals surface area (Å²) in [6.45, 7) is 0.366. The van der Waals surface area contributed by atoms with Gasteiger partial charge in [-0.1, -0.05) is 53.7 Å². The summed E-state index contributed by atoms with van der Waals surface area (Å²) in [6.07, 6.45) is 0.861. The summed E-state index contributed by atoms with van der Waals surface area (Å²) in [5.74, 6) is 0.503. The van der Waals surface area contributed by atoms with Gasteiger partial charge in [-0.3, -0.25) is 5.10 Å². The first kappa shape index (κ1) is 24.8. The number of anilines is 1. The quantitative estimate of drug-likeness (QED) is 0.354. The lowest BCUT2D eigenvalue weighted by atomic mass is 10.0. The van der Waals surface area contributed by atoms with Crippen LogP contribution in [-0.2, 0) is 25.8 Å². The molecule has 3 N–H and O–H groups in total. The van der Waals surface area contributed by atoms with Gasteiger partial charge in [-0.2, -0.15) is 13.2 Å². The van der Waals surface area contributed by atoms with Crippen molar-refractivity contribution < 1.29 is 18.0 Å². The molecule has 0 saturated heterocycles. The summed E-state index contributed by atoms with van der Waals surface area (Å²) in [5.41, 5.74) is 5.26. The molecule has 6 rings (SSSR count). The van der Waals surface area contributed by atoms with Gasteiger partial charge >= 0.3 is 12.2 Å². The second kappa shape index (κ2) is 10.0. The normalized spacial score (nSPS) is 15.9. The molecule has 200 valence electrons. The number of hydrogen-bond donors (Lipinski definition) is 3. The summed E-state index contributed by atoms with van der Waals surface area (Å²) in [5, 5.41) is 15.8. The molecule has 12 heteroatoms. The topological polar surface area (TPSA) is 112 Å². The molecule has 3 heterocycles. The van der Waals surface area contributed by atoms with Crippen molar-refractivity contribution in [1.82, 2.24) is 35.6 Å². The van der Waals surface area contributed by atoms with Crippen molar-refractivity contribution in [1.29, 1.82) is 0 Å². The predicted molar refractivity (Wildman–Crippen MR) is 137 cm³/mol. The van der Waals surface area contributed by atoms with E-state index in [0.29, 0.717) is 29.2 Å². The van der Waals surface area contributed by atoms with Gasteiger partial charge in [0.25, 0.3) is 0 Å². The molecule has 2 aliphatic rings. The fourth-order valence-corrected chi connectivity index (χ4v) is 5.11. The van der Waals surface area contributed by atoms with Crippen molar-refractivity contribution in [3.05, 3.63) is 89.0 Å². The molecule has 4 aromatic rings. The third-order valence-corrected chi connectivity index (χ3v) is 7.17. The van der Waals surface area contributed by atoms with Gasteiger partial charge in [-0.25, -0.2) is 14.8 Å². The molecule has 1 aliphatic carbocycles. The zero-order chi connectivity index (χ0) is 27.0. The Morgan fingerprint density at radius 2 is 1.69 bits per heavy atom. The first-order valence-corrected chi connectivity index (χ1v) is 12.6. The number of benzene rings is 2. The molecule has 0 spiro atoms. The minimum atomic E-state index is -4.68. The number of nitrogens with zero attached hydrogens (tertiary/aromatic N) is 5. The Balaban J connectivity index is 1.11. The number of amides is 2. The molecule has 2 aromatic carbocycles. The van der Waals surface area contributed by atoms with E-state index in [1.807, 2.05) is 12.1 Å². The van der Waals surface area contributed by atoms with E-state index >= 15 is 0 Å². The third kappa shape index (κ3) is 5.27. The van der Waals surface area contributed by atoms with Crippen LogP contribution in [0.2, 0.25) is 0 Å². The van der Waals surface area contributed by atoms with E-state index < -0.39 is 18.2 Å². The molecule has 1 aliphatic heterocycles. The Labute approximate surface area is 221 Å². The molecule has 0 radical (unpaired) electrons. The van der Waals surface area contributed by atoms with Crippen LogP contribution in [0.3, 0.4) is 0 Å². The lowest BCUT2D eigenvalue weighted by Crippen LogP contribution is -2.47. The van der Waals surface area contributed by atoms with E-state index in [2.05, 4.69) is 48.1 Å². The van der Waals surface area contributed by atoms with E-state index in [1.54, 1.807) is 24.5 Å². The highest BCUT2D eigenvalue weighted by atomic mass is 19.4. The summed E-state index contributed by atoms with van der Waals surface area (Å²) in [4.78, 5) is 22.8. The Hall–Kier alpha value is -4.48. The second-order valence-corrected chi connectivity index (χ2v) is 9.77. The summed E-state index contributed by atoms with van der Waals surface area (Å²) in [7, 11) is 0. The second-order valence-electron chi connectivity index (χ2n) is 9.77. The lowest BCUT2D eigenvalue weighted by Gasteiger charge is -2.29. The number of halogens is 3. The first-order valence-electron chi connectivity index (χ1n) is 12.6. The number of carbonyl (C=O) groups is 1. The molecular formula is C27H25F3N8O. The van der Waals surface area contributed by atoms with Crippen LogP contribution in [0.1, 0.15) is 34.1 Å². The molecular weight excluding hydrogens is 509 g/mol. The fourth-order valence-electron chi connectivity index (χ4n) is 5.11. The number of fused-ring (bicyclic) bond motifs is 2. The van der Waals surface area contributed by atoms with Crippen LogP contribution in [0.25, 0.3) is 11.1 Å². The number of rotatable bonds is 5. The molecule has 0 bridgehead atoms. The molecule has 2 aromatic heterocycles. The molecule has 0 fully saturated rings. The average Bonchev–Trinajstić information content (AvgIpc) is 3.57. The smallest absolute Gasteiger partial charge is 0.351 e. The summed E-state index contributed by atoms with van der Waals surface area (Å²) in [6, 6.07) is 11.4. The maximum atomic E-state index is 14.0. The van der Waals surface area contributed by atoms with Gasteiger partial charge in [0, 0.05) is 37.0 Å². The Morgan fingerprint density at radius 1 is 1.00 bits per heavy atom. The summed E-state index contributed by atoms with van der Waals surface area (Å²) >= 11 is 0. The van der Waals surface area contributed by atoms with Gasteiger partial charge in [0.15, 0.2) is 6.04 Å². The molecule has 9 nitrogen and oxygen atoms in total. The predicted octanol–water partition coefficient (Wildman–Crippen LogP) is 4.21. The number of nitrogens with one attached hydrogen (secondary N) is 3. The van der Waals surface area contributed by atoms with Crippen molar-refractivity contribution >= 4 is 12.0 Å². The number of aromatic nitrogens is 5. The van der Waals surface area contributed by atoms with Crippen molar-refractivity contribution in [3.8, 4) is 11.1 Å².